The summed E-state index contributed by atoms with van der Waals surface area (Å²) in [6.45, 7) is 0. The standard InChI is InChI=1S/C11H8Br2ClN3/c12-6-3-9(15)11(16-5-6)17-10-4-7(14)1-2-8(10)13/h1-5H,15H2,(H,16,17). The van der Waals surface area contributed by atoms with E-state index in [1.807, 2.05) is 6.07 Å². The number of benzene rings is 1. The molecule has 6 heteroatoms. The number of nitrogens with two attached hydrogens (primary N) is 1. The molecular formula is C11H8Br2ClN3. The summed E-state index contributed by atoms with van der Waals surface area (Å²) in [6, 6.07) is 7.25. The van der Waals surface area contributed by atoms with Crippen LogP contribution >= 0.6 is 43.5 Å². The fourth-order valence-corrected chi connectivity index (χ4v) is 2.15. The number of aromatic nitrogens is 1. The zero-order valence-corrected chi connectivity index (χ0v) is 12.5. The van der Waals surface area contributed by atoms with Crippen LogP contribution in [0.1, 0.15) is 0 Å². The minimum absolute atomic E-state index is 0.561. The van der Waals surface area contributed by atoms with E-state index in [1.165, 1.54) is 0 Å². The van der Waals surface area contributed by atoms with Crippen molar-refractivity contribution in [3.8, 4) is 0 Å². The normalized spacial score (nSPS) is 10.3. The highest BCUT2D eigenvalue weighted by Gasteiger charge is 2.05. The Balaban J connectivity index is 2.34. The number of nitrogen functional groups attached to an aromatic ring is 1. The Morgan fingerprint density at radius 2 is 2.00 bits per heavy atom. The van der Waals surface area contributed by atoms with Gasteiger partial charge in [0.1, 0.15) is 0 Å². The van der Waals surface area contributed by atoms with Gasteiger partial charge in [-0.1, -0.05) is 11.6 Å². The van der Waals surface area contributed by atoms with Gasteiger partial charge >= 0.3 is 0 Å². The van der Waals surface area contributed by atoms with Gasteiger partial charge in [-0.05, 0) is 56.1 Å². The highest BCUT2D eigenvalue weighted by atomic mass is 79.9. The molecule has 2 rings (SSSR count). The summed E-state index contributed by atoms with van der Waals surface area (Å²) >= 11 is 12.7. The van der Waals surface area contributed by atoms with Crippen molar-refractivity contribution in [2.45, 2.75) is 0 Å². The minimum Gasteiger partial charge on any atom is -0.396 e. The van der Waals surface area contributed by atoms with E-state index in [0.29, 0.717) is 16.5 Å². The fourth-order valence-electron chi connectivity index (χ4n) is 1.28. The van der Waals surface area contributed by atoms with Crippen LogP contribution in [0.25, 0.3) is 0 Å². The fraction of sp³-hybridized carbons (Fsp3) is 0. The van der Waals surface area contributed by atoms with Gasteiger partial charge in [-0.15, -0.1) is 0 Å². The van der Waals surface area contributed by atoms with Crippen molar-refractivity contribution in [1.29, 1.82) is 0 Å². The zero-order chi connectivity index (χ0) is 12.4. The van der Waals surface area contributed by atoms with E-state index in [-0.39, 0.29) is 0 Å². The number of pyridine rings is 1. The topological polar surface area (TPSA) is 50.9 Å². The van der Waals surface area contributed by atoms with Crippen LogP contribution in [0, 0.1) is 0 Å². The van der Waals surface area contributed by atoms with Crippen LogP contribution in [0.2, 0.25) is 5.02 Å². The molecule has 0 amide bonds. The lowest BCUT2D eigenvalue weighted by atomic mass is 10.3. The van der Waals surface area contributed by atoms with Crippen molar-refractivity contribution in [2.24, 2.45) is 0 Å². The molecule has 3 nitrogen and oxygen atoms in total. The number of anilines is 3. The second kappa shape index (κ2) is 5.25. The third kappa shape index (κ3) is 3.12. The molecule has 0 fully saturated rings. The van der Waals surface area contributed by atoms with E-state index in [1.54, 1.807) is 24.4 Å². The van der Waals surface area contributed by atoms with E-state index in [2.05, 4.69) is 42.2 Å². The first kappa shape index (κ1) is 12.7. The van der Waals surface area contributed by atoms with Gasteiger partial charge in [0.25, 0.3) is 0 Å². The zero-order valence-electron chi connectivity index (χ0n) is 8.55. The molecule has 2 aromatic rings. The van der Waals surface area contributed by atoms with Crippen molar-refractivity contribution in [1.82, 2.24) is 4.98 Å². The van der Waals surface area contributed by atoms with Crippen LogP contribution in [0.3, 0.4) is 0 Å². The summed E-state index contributed by atoms with van der Waals surface area (Å²) < 4.78 is 1.73. The third-order valence-corrected chi connectivity index (χ3v) is 3.43. The minimum atomic E-state index is 0.561. The van der Waals surface area contributed by atoms with E-state index < -0.39 is 0 Å². The molecule has 0 unspecified atom stereocenters. The summed E-state index contributed by atoms with van der Waals surface area (Å²) in [5, 5.41) is 3.77. The van der Waals surface area contributed by atoms with Crippen LogP contribution in [0.4, 0.5) is 17.2 Å². The lowest BCUT2D eigenvalue weighted by molar-refractivity contribution is 1.29. The van der Waals surface area contributed by atoms with E-state index in [4.69, 9.17) is 17.3 Å². The number of rotatable bonds is 2. The second-order valence-corrected chi connectivity index (χ2v) is 5.55. The molecule has 0 saturated carbocycles. The van der Waals surface area contributed by atoms with Gasteiger partial charge in [0.05, 0.1) is 11.4 Å². The van der Waals surface area contributed by atoms with Crippen molar-refractivity contribution in [2.75, 3.05) is 11.1 Å². The van der Waals surface area contributed by atoms with Gasteiger partial charge in [0, 0.05) is 20.2 Å². The van der Waals surface area contributed by atoms with E-state index in [9.17, 15) is 0 Å². The van der Waals surface area contributed by atoms with Crippen LogP contribution < -0.4 is 11.1 Å². The summed E-state index contributed by atoms with van der Waals surface area (Å²) in [6.07, 6.45) is 1.68. The maximum atomic E-state index is 5.93. The molecule has 0 atom stereocenters. The van der Waals surface area contributed by atoms with Gasteiger partial charge in [-0.2, -0.15) is 0 Å². The number of nitrogens with zero attached hydrogens (tertiary/aromatic N) is 1. The Bertz CT molecular complexity index is 560. The Hall–Kier alpha value is -0.780. The molecule has 0 bridgehead atoms. The summed E-state index contributed by atoms with van der Waals surface area (Å²) in [5.74, 6) is 0.594. The average Bonchev–Trinajstić information content (AvgIpc) is 2.27. The van der Waals surface area contributed by atoms with Crippen molar-refractivity contribution >= 4 is 60.7 Å². The first-order chi connectivity index (χ1) is 8.06. The molecule has 0 aliphatic carbocycles. The molecular weight excluding hydrogens is 369 g/mol. The molecule has 0 saturated heterocycles. The molecule has 0 spiro atoms. The SMILES string of the molecule is Nc1cc(Br)cnc1Nc1cc(Cl)ccc1Br. The number of halogens is 3. The van der Waals surface area contributed by atoms with Gasteiger partial charge in [-0.3, -0.25) is 0 Å². The smallest absolute Gasteiger partial charge is 0.153 e. The molecule has 1 aromatic heterocycles. The maximum Gasteiger partial charge on any atom is 0.153 e. The maximum absolute atomic E-state index is 5.93. The highest BCUT2D eigenvalue weighted by molar-refractivity contribution is 9.10. The van der Waals surface area contributed by atoms with E-state index >= 15 is 0 Å². The first-order valence-corrected chi connectivity index (χ1v) is 6.66. The largest absolute Gasteiger partial charge is 0.396 e. The van der Waals surface area contributed by atoms with Gasteiger partial charge in [0.15, 0.2) is 5.82 Å². The number of hydrogen-bond acceptors (Lipinski definition) is 3. The van der Waals surface area contributed by atoms with E-state index in [0.717, 1.165) is 14.6 Å². The van der Waals surface area contributed by atoms with Gasteiger partial charge in [0.2, 0.25) is 0 Å². The summed E-state index contributed by atoms with van der Waals surface area (Å²) in [7, 11) is 0. The van der Waals surface area contributed by atoms with Crippen molar-refractivity contribution in [3.63, 3.8) is 0 Å². The Morgan fingerprint density at radius 1 is 1.24 bits per heavy atom. The van der Waals surface area contributed by atoms with Gasteiger partial charge in [-0.25, -0.2) is 4.98 Å². The molecule has 17 heavy (non-hydrogen) atoms. The Morgan fingerprint density at radius 3 is 2.71 bits per heavy atom. The Kier molecular flexibility index (Phi) is 3.91. The predicted molar refractivity (Wildman–Crippen MR) is 78.8 cm³/mol. The molecule has 88 valence electrons. The van der Waals surface area contributed by atoms with Crippen molar-refractivity contribution in [3.05, 3.63) is 44.4 Å². The van der Waals surface area contributed by atoms with Crippen molar-refractivity contribution < 1.29 is 0 Å². The predicted octanol–water partition coefficient (Wildman–Crippen LogP) is 4.59. The lowest BCUT2D eigenvalue weighted by Gasteiger charge is -2.10. The molecule has 0 radical (unpaired) electrons. The molecule has 0 aliphatic rings. The summed E-state index contributed by atoms with van der Waals surface area (Å²) in [4.78, 5) is 4.20. The molecule has 0 aliphatic heterocycles. The quantitative estimate of drug-likeness (QED) is 0.805. The first-order valence-electron chi connectivity index (χ1n) is 4.69. The van der Waals surface area contributed by atoms with Crippen LogP contribution in [-0.2, 0) is 0 Å². The van der Waals surface area contributed by atoms with Crippen LogP contribution in [-0.4, -0.2) is 4.98 Å². The van der Waals surface area contributed by atoms with Crippen LogP contribution in [0.15, 0.2) is 39.4 Å². The monoisotopic (exact) mass is 375 g/mol. The summed E-state index contributed by atoms with van der Waals surface area (Å²) in [5.41, 5.74) is 7.23. The second-order valence-electron chi connectivity index (χ2n) is 3.34. The van der Waals surface area contributed by atoms with Crippen LogP contribution in [0.5, 0.6) is 0 Å². The molecule has 3 N–H and O–H groups in total. The average molecular weight is 377 g/mol. The third-order valence-electron chi connectivity index (χ3n) is 2.07. The lowest BCUT2D eigenvalue weighted by Crippen LogP contribution is -1.99. The van der Waals surface area contributed by atoms with Gasteiger partial charge < -0.3 is 11.1 Å². The highest BCUT2D eigenvalue weighted by Crippen LogP contribution is 2.30. The molecule has 1 aromatic carbocycles. The number of nitrogens with one attached hydrogen (secondary N) is 1. The number of hydrogen-bond donors (Lipinski definition) is 2. The Labute approximate surface area is 121 Å². The molecule has 1 heterocycles.